The highest BCUT2D eigenvalue weighted by Crippen LogP contribution is 2.15. The predicted molar refractivity (Wildman–Crippen MR) is 54.0 cm³/mol. The van der Waals surface area contributed by atoms with E-state index < -0.39 is 6.10 Å². The predicted octanol–water partition coefficient (Wildman–Crippen LogP) is 2.06. The van der Waals surface area contributed by atoms with Crippen LogP contribution >= 0.6 is 0 Å². The standard InChI is InChI=1S/C11H18O3/c1-3-13-11(12)9(2)14-10-7-5-4-6-8-10/h5,7,9-10H,3-4,6,8H2,1-2H3/t9-,10-/m0/s1. The van der Waals surface area contributed by atoms with Crippen molar-refractivity contribution in [2.24, 2.45) is 0 Å². The number of rotatable bonds is 4. The van der Waals surface area contributed by atoms with Gasteiger partial charge in [-0.25, -0.2) is 4.79 Å². The molecule has 0 N–H and O–H groups in total. The van der Waals surface area contributed by atoms with Crippen LogP contribution in [0.5, 0.6) is 0 Å². The molecule has 14 heavy (non-hydrogen) atoms. The lowest BCUT2D eigenvalue weighted by molar-refractivity contribution is -0.157. The van der Waals surface area contributed by atoms with E-state index >= 15 is 0 Å². The fraction of sp³-hybridized carbons (Fsp3) is 0.727. The first kappa shape index (κ1) is 11.2. The Morgan fingerprint density at radius 2 is 2.43 bits per heavy atom. The van der Waals surface area contributed by atoms with Crippen molar-refractivity contribution in [1.82, 2.24) is 0 Å². The molecule has 0 fully saturated rings. The van der Waals surface area contributed by atoms with Gasteiger partial charge in [-0.2, -0.15) is 0 Å². The summed E-state index contributed by atoms with van der Waals surface area (Å²) in [5, 5.41) is 0. The Morgan fingerprint density at radius 1 is 1.64 bits per heavy atom. The van der Waals surface area contributed by atoms with Crippen LogP contribution in [0.2, 0.25) is 0 Å². The van der Waals surface area contributed by atoms with Crippen LogP contribution in [0.3, 0.4) is 0 Å². The molecule has 0 aromatic rings. The van der Waals surface area contributed by atoms with Gasteiger partial charge in [0.1, 0.15) is 0 Å². The minimum Gasteiger partial charge on any atom is -0.464 e. The van der Waals surface area contributed by atoms with Crippen molar-refractivity contribution < 1.29 is 14.3 Å². The van der Waals surface area contributed by atoms with Crippen molar-refractivity contribution in [3.63, 3.8) is 0 Å². The van der Waals surface area contributed by atoms with Gasteiger partial charge in [-0.1, -0.05) is 12.2 Å². The fourth-order valence-corrected chi connectivity index (χ4v) is 1.47. The van der Waals surface area contributed by atoms with Crippen LogP contribution in [0, 0.1) is 0 Å². The molecule has 0 saturated heterocycles. The second-order valence-electron chi connectivity index (χ2n) is 3.43. The summed E-state index contributed by atoms with van der Waals surface area (Å²) in [5.41, 5.74) is 0. The maximum atomic E-state index is 11.2. The molecule has 0 amide bonds. The zero-order chi connectivity index (χ0) is 10.4. The molecule has 1 aliphatic carbocycles. The number of carbonyl (C=O) groups excluding carboxylic acids is 1. The Kier molecular flexibility index (Phi) is 4.66. The van der Waals surface area contributed by atoms with Gasteiger partial charge < -0.3 is 9.47 Å². The maximum absolute atomic E-state index is 11.2. The Balaban J connectivity index is 2.31. The van der Waals surface area contributed by atoms with E-state index in [4.69, 9.17) is 9.47 Å². The summed E-state index contributed by atoms with van der Waals surface area (Å²) in [7, 11) is 0. The summed E-state index contributed by atoms with van der Waals surface area (Å²) in [5.74, 6) is -0.272. The molecule has 3 heteroatoms. The Hall–Kier alpha value is -0.830. The largest absolute Gasteiger partial charge is 0.464 e. The molecule has 0 unspecified atom stereocenters. The van der Waals surface area contributed by atoms with Crippen LogP contribution in [0.15, 0.2) is 12.2 Å². The molecule has 0 bridgehead atoms. The summed E-state index contributed by atoms with van der Waals surface area (Å²) in [6.07, 6.45) is 7.02. The van der Waals surface area contributed by atoms with Crippen molar-refractivity contribution in [3.8, 4) is 0 Å². The molecule has 0 aromatic carbocycles. The van der Waals surface area contributed by atoms with Crippen molar-refractivity contribution in [1.29, 1.82) is 0 Å². The highest BCUT2D eigenvalue weighted by atomic mass is 16.6. The summed E-state index contributed by atoms with van der Waals surface area (Å²) in [6.45, 7) is 3.94. The third-order valence-electron chi connectivity index (χ3n) is 2.21. The van der Waals surface area contributed by atoms with Gasteiger partial charge in [-0.15, -0.1) is 0 Å². The monoisotopic (exact) mass is 198 g/mol. The quantitative estimate of drug-likeness (QED) is 0.512. The van der Waals surface area contributed by atoms with Gasteiger partial charge in [-0.3, -0.25) is 0 Å². The average molecular weight is 198 g/mol. The van der Waals surface area contributed by atoms with E-state index in [2.05, 4.69) is 6.08 Å². The van der Waals surface area contributed by atoms with E-state index in [-0.39, 0.29) is 12.1 Å². The second kappa shape index (κ2) is 5.81. The van der Waals surface area contributed by atoms with Crippen molar-refractivity contribution in [3.05, 3.63) is 12.2 Å². The zero-order valence-electron chi connectivity index (χ0n) is 8.86. The lowest BCUT2D eigenvalue weighted by Crippen LogP contribution is -2.28. The summed E-state index contributed by atoms with van der Waals surface area (Å²) < 4.78 is 10.4. The van der Waals surface area contributed by atoms with Crippen molar-refractivity contribution >= 4 is 5.97 Å². The molecule has 0 radical (unpaired) electrons. The minimum absolute atomic E-state index is 0.0863. The zero-order valence-corrected chi connectivity index (χ0v) is 8.86. The van der Waals surface area contributed by atoms with Crippen molar-refractivity contribution in [2.75, 3.05) is 6.61 Å². The van der Waals surface area contributed by atoms with Gasteiger partial charge in [0, 0.05) is 0 Å². The van der Waals surface area contributed by atoms with E-state index in [1.54, 1.807) is 13.8 Å². The van der Waals surface area contributed by atoms with Crippen LogP contribution < -0.4 is 0 Å². The van der Waals surface area contributed by atoms with Crippen LogP contribution in [0.4, 0.5) is 0 Å². The normalized spacial score (nSPS) is 23.1. The summed E-state index contributed by atoms with van der Waals surface area (Å²) in [4.78, 5) is 11.2. The van der Waals surface area contributed by atoms with E-state index in [0.29, 0.717) is 6.61 Å². The number of carbonyl (C=O) groups is 1. The molecule has 2 atom stereocenters. The third kappa shape index (κ3) is 3.50. The summed E-state index contributed by atoms with van der Waals surface area (Å²) >= 11 is 0. The molecule has 80 valence electrons. The van der Waals surface area contributed by atoms with E-state index in [0.717, 1.165) is 19.3 Å². The molecule has 3 nitrogen and oxygen atoms in total. The molecular weight excluding hydrogens is 180 g/mol. The molecule has 0 saturated carbocycles. The first-order valence-corrected chi connectivity index (χ1v) is 5.22. The number of ether oxygens (including phenoxy) is 2. The van der Waals surface area contributed by atoms with Crippen LogP contribution in [0.25, 0.3) is 0 Å². The Morgan fingerprint density at radius 3 is 3.00 bits per heavy atom. The highest BCUT2D eigenvalue weighted by Gasteiger charge is 2.19. The minimum atomic E-state index is -0.456. The van der Waals surface area contributed by atoms with Gasteiger partial charge in [-0.05, 0) is 33.1 Å². The Labute approximate surface area is 85.1 Å². The van der Waals surface area contributed by atoms with Crippen LogP contribution in [-0.4, -0.2) is 24.8 Å². The third-order valence-corrected chi connectivity index (χ3v) is 2.21. The number of hydrogen-bond donors (Lipinski definition) is 0. The number of allylic oxidation sites excluding steroid dienone is 1. The molecular formula is C11H18O3. The van der Waals surface area contributed by atoms with Crippen molar-refractivity contribution in [2.45, 2.75) is 45.3 Å². The molecule has 0 aromatic heterocycles. The Bertz CT molecular complexity index is 211. The second-order valence-corrected chi connectivity index (χ2v) is 3.43. The molecule has 1 aliphatic rings. The maximum Gasteiger partial charge on any atom is 0.334 e. The van der Waals surface area contributed by atoms with E-state index in [1.165, 1.54) is 0 Å². The molecule has 0 aliphatic heterocycles. The lowest BCUT2D eigenvalue weighted by atomic mass is 10.1. The lowest BCUT2D eigenvalue weighted by Gasteiger charge is -2.20. The van der Waals surface area contributed by atoms with Gasteiger partial charge in [0.2, 0.25) is 0 Å². The number of hydrogen-bond acceptors (Lipinski definition) is 3. The van der Waals surface area contributed by atoms with E-state index in [1.807, 2.05) is 6.08 Å². The fourth-order valence-electron chi connectivity index (χ4n) is 1.47. The SMILES string of the molecule is CCOC(=O)[C@H](C)O[C@H]1C=CCCC1. The first-order chi connectivity index (χ1) is 6.74. The molecule has 0 heterocycles. The van der Waals surface area contributed by atoms with Crippen LogP contribution in [-0.2, 0) is 14.3 Å². The van der Waals surface area contributed by atoms with Crippen LogP contribution in [0.1, 0.15) is 33.1 Å². The summed E-state index contributed by atoms with van der Waals surface area (Å²) in [6, 6.07) is 0. The first-order valence-electron chi connectivity index (χ1n) is 5.22. The van der Waals surface area contributed by atoms with Gasteiger partial charge in [0.05, 0.1) is 12.7 Å². The molecule has 0 spiro atoms. The average Bonchev–Trinajstić information content (AvgIpc) is 2.19. The van der Waals surface area contributed by atoms with Gasteiger partial charge in [0.25, 0.3) is 0 Å². The smallest absolute Gasteiger partial charge is 0.334 e. The number of esters is 1. The highest BCUT2D eigenvalue weighted by molar-refractivity contribution is 5.74. The van der Waals surface area contributed by atoms with E-state index in [9.17, 15) is 4.79 Å². The van der Waals surface area contributed by atoms with Gasteiger partial charge in [0.15, 0.2) is 6.10 Å². The topological polar surface area (TPSA) is 35.5 Å². The van der Waals surface area contributed by atoms with Gasteiger partial charge >= 0.3 is 5.97 Å². The molecule has 1 rings (SSSR count).